The first kappa shape index (κ1) is 12.5. The maximum Gasteiger partial charge on any atom is 0.224 e. The van der Waals surface area contributed by atoms with E-state index in [9.17, 15) is 4.79 Å². The van der Waals surface area contributed by atoms with Crippen LogP contribution in [0.4, 0.5) is 0 Å². The zero-order valence-corrected chi connectivity index (χ0v) is 9.62. The van der Waals surface area contributed by atoms with E-state index < -0.39 is 0 Å². The van der Waals surface area contributed by atoms with Gasteiger partial charge in [-0.25, -0.2) is 0 Å². The number of aliphatic hydroxyl groups is 1. The molecule has 4 heteroatoms. The van der Waals surface area contributed by atoms with Crippen LogP contribution in [0, 0.1) is 11.3 Å². The summed E-state index contributed by atoms with van der Waals surface area (Å²) in [5.41, 5.74) is 5.59. The van der Waals surface area contributed by atoms with Crippen LogP contribution < -0.4 is 11.1 Å². The van der Waals surface area contributed by atoms with Gasteiger partial charge in [-0.2, -0.15) is 0 Å². The standard InChI is InChI=1S/C11H22N2O2/c1-11(2,7-14)6-13-10(15)8-4-3-5-9(8)12/h8-9,14H,3-7,12H2,1-2H3,(H,13,15). The number of hydrogen-bond acceptors (Lipinski definition) is 3. The van der Waals surface area contributed by atoms with Gasteiger partial charge in [-0.05, 0) is 12.8 Å². The summed E-state index contributed by atoms with van der Waals surface area (Å²) < 4.78 is 0. The van der Waals surface area contributed by atoms with E-state index in [4.69, 9.17) is 10.8 Å². The maximum absolute atomic E-state index is 11.7. The highest BCUT2D eigenvalue weighted by molar-refractivity contribution is 5.79. The van der Waals surface area contributed by atoms with Crippen molar-refractivity contribution in [2.24, 2.45) is 17.1 Å². The van der Waals surface area contributed by atoms with E-state index in [2.05, 4.69) is 5.32 Å². The summed E-state index contributed by atoms with van der Waals surface area (Å²) in [5.74, 6) is 0.0148. The van der Waals surface area contributed by atoms with E-state index in [0.29, 0.717) is 6.54 Å². The summed E-state index contributed by atoms with van der Waals surface area (Å²) in [6.07, 6.45) is 2.89. The van der Waals surface area contributed by atoms with E-state index in [-0.39, 0.29) is 29.9 Å². The molecule has 0 aliphatic heterocycles. The van der Waals surface area contributed by atoms with Gasteiger partial charge in [-0.15, -0.1) is 0 Å². The number of nitrogens with one attached hydrogen (secondary N) is 1. The summed E-state index contributed by atoms with van der Waals surface area (Å²) in [4.78, 5) is 11.7. The van der Waals surface area contributed by atoms with Crippen LogP contribution in [0.2, 0.25) is 0 Å². The van der Waals surface area contributed by atoms with Gasteiger partial charge in [0, 0.05) is 24.6 Å². The lowest BCUT2D eigenvalue weighted by molar-refractivity contribution is -0.125. The third kappa shape index (κ3) is 3.47. The zero-order valence-electron chi connectivity index (χ0n) is 9.62. The van der Waals surface area contributed by atoms with Crippen molar-refractivity contribution >= 4 is 5.91 Å². The molecule has 1 saturated carbocycles. The minimum Gasteiger partial charge on any atom is -0.396 e. The predicted octanol–water partition coefficient (Wildman–Crippen LogP) is 0.248. The van der Waals surface area contributed by atoms with E-state index in [1.165, 1.54) is 0 Å². The number of hydrogen-bond donors (Lipinski definition) is 3. The van der Waals surface area contributed by atoms with Crippen LogP contribution in [0.3, 0.4) is 0 Å². The highest BCUT2D eigenvalue weighted by atomic mass is 16.3. The molecule has 0 bridgehead atoms. The van der Waals surface area contributed by atoms with Crippen molar-refractivity contribution in [1.29, 1.82) is 0 Å². The molecule has 2 atom stereocenters. The molecule has 2 unspecified atom stereocenters. The molecule has 0 aromatic rings. The summed E-state index contributed by atoms with van der Waals surface area (Å²) in [5, 5.41) is 11.9. The highest BCUT2D eigenvalue weighted by Gasteiger charge is 2.30. The minimum absolute atomic E-state index is 0.0160. The molecule has 1 aliphatic rings. The van der Waals surface area contributed by atoms with Crippen molar-refractivity contribution < 1.29 is 9.90 Å². The number of rotatable bonds is 4. The monoisotopic (exact) mass is 214 g/mol. The Morgan fingerprint density at radius 3 is 2.67 bits per heavy atom. The Balaban J connectivity index is 2.36. The minimum atomic E-state index is -0.252. The van der Waals surface area contributed by atoms with Crippen LogP contribution in [-0.4, -0.2) is 30.2 Å². The van der Waals surface area contributed by atoms with Crippen molar-refractivity contribution in [2.75, 3.05) is 13.2 Å². The molecular formula is C11H22N2O2. The number of carbonyl (C=O) groups excluding carboxylic acids is 1. The first-order valence-corrected chi connectivity index (χ1v) is 5.60. The third-order valence-corrected chi connectivity index (χ3v) is 3.08. The second kappa shape index (κ2) is 4.94. The maximum atomic E-state index is 11.7. The average molecular weight is 214 g/mol. The van der Waals surface area contributed by atoms with Gasteiger partial charge in [0.1, 0.15) is 0 Å². The van der Waals surface area contributed by atoms with Crippen molar-refractivity contribution in [3.05, 3.63) is 0 Å². The molecule has 4 nitrogen and oxygen atoms in total. The molecule has 1 amide bonds. The Bertz CT molecular complexity index is 229. The van der Waals surface area contributed by atoms with Gasteiger partial charge in [-0.3, -0.25) is 4.79 Å². The van der Waals surface area contributed by atoms with E-state index >= 15 is 0 Å². The zero-order chi connectivity index (χ0) is 11.5. The molecule has 0 radical (unpaired) electrons. The van der Waals surface area contributed by atoms with Crippen molar-refractivity contribution in [1.82, 2.24) is 5.32 Å². The Morgan fingerprint density at radius 2 is 2.20 bits per heavy atom. The normalized spacial score (nSPS) is 26.7. The van der Waals surface area contributed by atoms with Crippen LogP contribution in [0.25, 0.3) is 0 Å². The number of nitrogens with two attached hydrogens (primary N) is 1. The fourth-order valence-corrected chi connectivity index (χ4v) is 1.83. The Hall–Kier alpha value is -0.610. The van der Waals surface area contributed by atoms with Crippen LogP contribution in [0.5, 0.6) is 0 Å². The molecule has 88 valence electrons. The number of aliphatic hydroxyl groups excluding tert-OH is 1. The molecule has 0 aromatic carbocycles. The molecule has 0 spiro atoms. The summed E-state index contributed by atoms with van der Waals surface area (Å²) in [7, 11) is 0. The molecule has 0 aromatic heterocycles. The Labute approximate surface area is 91.2 Å². The second-order valence-electron chi connectivity index (χ2n) is 5.24. The molecule has 1 aliphatic carbocycles. The second-order valence-corrected chi connectivity index (χ2v) is 5.24. The first-order valence-electron chi connectivity index (χ1n) is 5.60. The van der Waals surface area contributed by atoms with E-state index in [0.717, 1.165) is 19.3 Å². The molecule has 15 heavy (non-hydrogen) atoms. The van der Waals surface area contributed by atoms with Crippen molar-refractivity contribution in [3.8, 4) is 0 Å². The quantitative estimate of drug-likeness (QED) is 0.628. The number of amides is 1. The van der Waals surface area contributed by atoms with Crippen LogP contribution in [-0.2, 0) is 4.79 Å². The number of carbonyl (C=O) groups is 1. The summed E-state index contributed by atoms with van der Waals surface area (Å²) in [6.45, 7) is 4.42. The SMILES string of the molecule is CC(C)(CO)CNC(=O)C1CCCC1N. The molecule has 0 saturated heterocycles. The Kier molecular flexibility index (Phi) is 4.11. The van der Waals surface area contributed by atoms with Crippen LogP contribution in [0.1, 0.15) is 33.1 Å². The van der Waals surface area contributed by atoms with Crippen LogP contribution >= 0.6 is 0 Å². The molecule has 1 rings (SSSR count). The lowest BCUT2D eigenvalue weighted by Crippen LogP contribution is -2.43. The van der Waals surface area contributed by atoms with Gasteiger partial charge < -0.3 is 16.2 Å². The lowest BCUT2D eigenvalue weighted by Gasteiger charge is -2.24. The molecular weight excluding hydrogens is 192 g/mol. The van der Waals surface area contributed by atoms with Gasteiger partial charge in [0.2, 0.25) is 5.91 Å². The lowest BCUT2D eigenvalue weighted by atomic mass is 9.94. The smallest absolute Gasteiger partial charge is 0.224 e. The van der Waals surface area contributed by atoms with Crippen molar-refractivity contribution in [2.45, 2.75) is 39.2 Å². The molecule has 4 N–H and O–H groups in total. The third-order valence-electron chi connectivity index (χ3n) is 3.08. The fraction of sp³-hybridized carbons (Fsp3) is 0.909. The summed E-state index contributed by atoms with van der Waals surface area (Å²) in [6, 6.07) is 0.0160. The van der Waals surface area contributed by atoms with Crippen LogP contribution in [0.15, 0.2) is 0 Å². The largest absolute Gasteiger partial charge is 0.396 e. The average Bonchev–Trinajstić information content (AvgIpc) is 2.61. The van der Waals surface area contributed by atoms with E-state index in [1.807, 2.05) is 13.8 Å². The van der Waals surface area contributed by atoms with E-state index in [1.54, 1.807) is 0 Å². The molecule has 0 heterocycles. The fourth-order valence-electron chi connectivity index (χ4n) is 1.83. The predicted molar refractivity (Wildman–Crippen MR) is 59.2 cm³/mol. The topological polar surface area (TPSA) is 75.3 Å². The highest BCUT2D eigenvalue weighted by Crippen LogP contribution is 2.24. The van der Waals surface area contributed by atoms with Gasteiger partial charge in [-0.1, -0.05) is 20.3 Å². The summed E-state index contributed by atoms with van der Waals surface area (Å²) >= 11 is 0. The van der Waals surface area contributed by atoms with Crippen molar-refractivity contribution in [3.63, 3.8) is 0 Å². The van der Waals surface area contributed by atoms with Gasteiger partial charge in [0.15, 0.2) is 0 Å². The van der Waals surface area contributed by atoms with Gasteiger partial charge in [0.25, 0.3) is 0 Å². The van der Waals surface area contributed by atoms with Gasteiger partial charge in [0.05, 0.1) is 5.92 Å². The first-order chi connectivity index (χ1) is 6.96. The van der Waals surface area contributed by atoms with Gasteiger partial charge >= 0.3 is 0 Å². The Morgan fingerprint density at radius 1 is 1.53 bits per heavy atom. The molecule has 1 fully saturated rings.